The predicted octanol–water partition coefficient (Wildman–Crippen LogP) is 5.73. The van der Waals surface area contributed by atoms with E-state index in [2.05, 4.69) is 68.4 Å². The summed E-state index contributed by atoms with van der Waals surface area (Å²) in [7, 11) is 0. The van der Waals surface area contributed by atoms with E-state index in [9.17, 15) is 0 Å². The molecule has 3 aromatic carbocycles. The van der Waals surface area contributed by atoms with Crippen molar-refractivity contribution in [2.75, 3.05) is 0 Å². The van der Waals surface area contributed by atoms with Crippen molar-refractivity contribution in [2.24, 2.45) is 0 Å². The molecule has 0 saturated carbocycles. The predicted molar refractivity (Wildman–Crippen MR) is 92.0 cm³/mol. The number of rotatable bonds is 1. The van der Waals surface area contributed by atoms with Crippen LogP contribution in [0.5, 0.6) is 0 Å². The summed E-state index contributed by atoms with van der Waals surface area (Å²) < 4.78 is 1.28. The van der Waals surface area contributed by atoms with Crippen LogP contribution in [0.15, 0.2) is 54.6 Å². The minimum atomic E-state index is 1.09. The van der Waals surface area contributed by atoms with Crippen LogP contribution in [0.25, 0.3) is 31.6 Å². The standard InChI is InChI=1S/C19H15NS/c1-12-7-8-15(11-13(12)2)19-20-17-10-9-14-5-3-4-6-16(14)18(17)21-19/h3-11H,1-2H3. The fourth-order valence-corrected chi connectivity index (χ4v) is 3.75. The van der Waals surface area contributed by atoms with Gasteiger partial charge >= 0.3 is 0 Å². The first-order valence-electron chi connectivity index (χ1n) is 7.08. The second-order valence-corrected chi connectivity index (χ2v) is 6.45. The highest BCUT2D eigenvalue weighted by molar-refractivity contribution is 7.22. The third kappa shape index (κ3) is 2.03. The summed E-state index contributed by atoms with van der Waals surface area (Å²) in [5, 5.41) is 3.67. The molecule has 0 amide bonds. The number of benzene rings is 3. The van der Waals surface area contributed by atoms with Gasteiger partial charge in [-0.25, -0.2) is 4.98 Å². The van der Waals surface area contributed by atoms with Gasteiger partial charge in [0.25, 0.3) is 0 Å². The number of fused-ring (bicyclic) bond motifs is 3. The summed E-state index contributed by atoms with van der Waals surface area (Å²) in [6.07, 6.45) is 0. The molecule has 0 unspecified atom stereocenters. The molecule has 0 atom stereocenters. The Kier molecular flexibility index (Phi) is 2.79. The van der Waals surface area contributed by atoms with E-state index in [1.54, 1.807) is 11.3 Å². The first kappa shape index (κ1) is 12.5. The Balaban J connectivity index is 1.98. The van der Waals surface area contributed by atoms with E-state index in [1.165, 1.54) is 32.2 Å². The van der Waals surface area contributed by atoms with Crippen molar-refractivity contribution in [3.8, 4) is 10.6 Å². The molecule has 0 aliphatic carbocycles. The number of nitrogens with zero attached hydrogens (tertiary/aromatic N) is 1. The lowest BCUT2D eigenvalue weighted by Gasteiger charge is -2.01. The fraction of sp³-hybridized carbons (Fsp3) is 0.105. The number of aromatic nitrogens is 1. The van der Waals surface area contributed by atoms with Gasteiger partial charge in [0.05, 0.1) is 10.2 Å². The van der Waals surface area contributed by atoms with E-state index in [-0.39, 0.29) is 0 Å². The number of hydrogen-bond acceptors (Lipinski definition) is 2. The maximum atomic E-state index is 4.82. The summed E-state index contributed by atoms with van der Waals surface area (Å²) in [4.78, 5) is 4.82. The van der Waals surface area contributed by atoms with Gasteiger partial charge in [0.2, 0.25) is 0 Å². The highest BCUT2D eigenvalue weighted by Gasteiger charge is 2.09. The van der Waals surface area contributed by atoms with Crippen molar-refractivity contribution in [1.29, 1.82) is 0 Å². The molecule has 0 spiro atoms. The maximum Gasteiger partial charge on any atom is 0.124 e. The number of thiazole rings is 1. The van der Waals surface area contributed by atoms with Gasteiger partial charge in [-0.1, -0.05) is 42.5 Å². The Bertz CT molecular complexity index is 966. The second-order valence-electron chi connectivity index (χ2n) is 5.45. The molecule has 4 aromatic rings. The molecule has 21 heavy (non-hydrogen) atoms. The van der Waals surface area contributed by atoms with Crippen LogP contribution >= 0.6 is 11.3 Å². The molecule has 0 fully saturated rings. The molecule has 1 heterocycles. The Hall–Kier alpha value is -2.19. The fourth-order valence-electron chi connectivity index (χ4n) is 2.65. The summed E-state index contributed by atoms with van der Waals surface area (Å²) in [5.74, 6) is 0. The van der Waals surface area contributed by atoms with E-state index < -0.39 is 0 Å². The number of hydrogen-bond donors (Lipinski definition) is 0. The molecule has 0 N–H and O–H groups in total. The highest BCUT2D eigenvalue weighted by atomic mass is 32.1. The lowest BCUT2D eigenvalue weighted by atomic mass is 10.1. The third-order valence-corrected chi connectivity index (χ3v) is 5.19. The molecule has 0 aliphatic heterocycles. The zero-order valence-corrected chi connectivity index (χ0v) is 12.9. The molecule has 0 radical (unpaired) electrons. The van der Waals surface area contributed by atoms with Crippen molar-refractivity contribution < 1.29 is 0 Å². The van der Waals surface area contributed by atoms with Gasteiger partial charge in [-0.05, 0) is 42.5 Å². The molecule has 2 heteroatoms. The molecular weight excluding hydrogens is 274 g/mol. The molecule has 1 nitrogen and oxygen atoms in total. The Morgan fingerprint density at radius 3 is 2.57 bits per heavy atom. The van der Waals surface area contributed by atoms with Crippen LogP contribution in [0.2, 0.25) is 0 Å². The average molecular weight is 289 g/mol. The topological polar surface area (TPSA) is 12.9 Å². The van der Waals surface area contributed by atoms with Gasteiger partial charge in [0.15, 0.2) is 0 Å². The SMILES string of the molecule is Cc1ccc(-c2nc3ccc4ccccc4c3s2)cc1C. The molecule has 0 aliphatic rings. The van der Waals surface area contributed by atoms with Gasteiger partial charge in [0, 0.05) is 10.9 Å². The van der Waals surface area contributed by atoms with Gasteiger partial charge < -0.3 is 0 Å². The van der Waals surface area contributed by atoms with E-state index in [0.29, 0.717) is 0 Å². The Morgan fingerprint density at radius 2 is 1.71 bits per heavy atom. The molecular formula is C19H15NS. The summed E-state index contributed by atoms with van der Waals surface area (Å²) >= 11 is 1.78. The molecule has 0 bridgehead atoms. The molecule has 4 rings (SSSR count). The molecule has 0 saturated heterocycles. The average Bonchev–Trinajstić information content (AvgIpc) is 2.94. The van der Waals surface area contributed by atoms with Crippen LogP contribution in [0.3, 0.4) is 0 Å². The van der Waals surface area contributed by atoms with Gasteiger partial charge in [-0.2, -0.15) is 0 Å². The minimum absolute atomic E-state index is 1.09. The van der Waals surface area contributed by atoms with Crippen molar-refractivity contribution >= 4 is 32.3 Å². The molecule has 1 aromatic heterocycles. The van der Waals surface area contributed by atoms with Gasteiger partial charge in [-0.15, -0.1) is 11.3 Å². The lowest BCUT2D eigenvalue weighted by molar-refractivity contribution is 1.34. The Morgan fingerprint density at radius 1 is 0.857 bits per heavy atom. The van der Waals surface area contributed by atoms with Crippen LogP contribution in [0.4, 0.5) is 0 Å². The normalized spacial score (nSPS) is 11.3. The van der Waals surface area contributed by atoms with E-state index in [1.807, 2.05) is 0 Å². The van der Waals surface area contributed by atoms with E-state index >= 15 is 0 Å². The smallest absolute Gasteiger partial charge is 0.124 e. The van der Waals surface area contributed by atoms with Crippen LogP contribution in [0, 0.1) is 13.8 Å². The summed E-state index contributed by atoms with van der Waals surface area (Å²) in [5.41, 5.74) is 4.94. The zero-order chi connectivity index (χ0) is 14.4. The third-order valence-electron chi connectivity index (χ3n) is 4.03. The zero-order valence-electron chi connectivity index (χ0n) is 12.1. The first-order chi connectivity index (χ1) is 10.2. The number of aryl methyl sites for hydroxylation is 2. The first-order valence-corrected chi connectivity index (χ1v) is 7.90. The van der Waals surface area contributed by atoms with Crippen molar-refractivity contribution in [1.82, 2.24) is 4.98 Å². The van der Waals surface area contributed by atoms with Crippen LogP contribution in [-0.2, 0) is 0 Å². The van der Waals surface area contributed by atoms with E-state index in [4.69, 9.17) is 4.98 Å². The van der Waals surface area contributed by atoms with Gasteiger partial charge in [0.1, 0.15) is 5.01 Å². The largest absolute Gasteiger partial charge is 0.236 e. The lowest BCUT2D eigenvalue weighted by Crippen LogP contribution is -1.82. The van der Waals surface area contributed by atoms with Gasteiger partial charge in [-0.3, -0.25) is 0 Å². The van der Waals surface area contributed by atoms with Crippen molar-refractivity contribution in [2.45, 2.75) is 13.8 Å². The highest BCUT2D eigenvalue weighted by Crippen LogP contribution is 2.35. The van der Waals surface area contributed by atoms with E-state index in [0.717, 1.165) is 10.5 Å². The summed E-state index contributed by atoms with van der Waals surface area (Å²) in [6.45, 7) is 4.30. The summed E-state index contributed by atoms with van der Waals surface area (Å²) in [6, 6.07) is 19.4. The van der Waals surface area contributed by atoms with Crippen molar-refractivity contribution in [3.05, 3.63) is 65.7 Å². The Labute approximate surface area is 127 Å². The van der Waals surface area contributed by atoms with Crippen LogP contribution in [-0.4, -0.2) is 4.98 Å². The van der Waals surface area contributed by atoms with Crippen LogP contribution < -0.4 is 0 Å². The maximum absolute atomic E-state index is 4.82. The second kappa shape index (κ2) is 4.68. The quantitative estimate of drug-likeness (QED) is 0.436. The minimum Gasteiger partial charge on any atom is -0.236 e. The monoisotopic (exact) mass is 289 g/mol. The molecule has 102 valence electrons. The van der Waals surface area contributed by atoms with Crippen LogP contribution in [0.1, 0.15) is 11.1 Å². The van der Waals surface area contributed by atoms with Crippen molar-refractivity contribution in [3.63, 3.8) is 0 Å².